The first-order valence-corrected chi connectivity index (χ1v) is 19.4. The zero-order chi connectivity index (χ0) is 32.2. The molecule has 0 amide bonds. The van der Waals surface area contributed by atoms with Gasteiger partial charge in [0.1, 0.15) is 0 Å². The Bertz CT molecular complexity index is 1270. The second-order valence-electron chi connectivity index (χ2n) is 18.8. The van der Waals surface area contributed by atoms with Gasteiger partial charge in [-0.2, -0.15) is 0 Å². The van der Waals surface area contributed by atoms with Crippen molar-refractivity contribution in [1.82, 2.24) is 0 Å². The molecule has 4 nitrogen and oxygen atoms in total. The molecule has 14 atom stereocenters. The molecule has 46 heavy (non-hydrogen) atoms. The molecule has 4 heteroatoms. The third-order valence-electron chi connectivity index (χ3n) is 17.2. The highest BCUT2D eigenvalue weighted by atomic mass is 16.3. The van der Waals surface area contributed by atoms with E-state index in [-0.39, 0.29) is 33.9 Å². The van der Waals surface area contributed by atoms with Crippen LogP contribution in [-0.4, -0.2) is 34.0 Å². The maximum absolute atomic E-state index is 12.7. The number of carbonyl (C=O) groups excluding carboxylic acids is 2. The van der Waals surface area contributed by atoms with E-state index in [4.69, 9.17) is 0 Å². The Hall–Kier alpha value is -1.52. The van der Waals surface area contributed by atoms with Crippen molar-refractivity contribution in [3.05, 3.63) is 35.5 Å². The predicted molar refractivity (Wildman–Crippen MR) is 182 cm³/mol. The summed E-state index contributed by atoms with van der Waals surface area (Å²) in [6.45, 7) is 9.70. The monoisotopic (exact) mass is 628 g/mol. The highest BCUT2D eigenvalue weighted by Crippen LogP contribution is 2.68. The van der Waals surface area contributed by atoms with Gasteiger partial charge in [-0.25, -0.2) is 0 Å². The van der Waals surface area contributed by atoms with Crippen molar-refractivity contribution in [2.75, 3.05) is 0 Å². The average molecular weight is 629 g/mol. The molecule has 0 spiro atoms. The molecule has 0 radical (unpaired) electrons. The second kappa shape index (κ2) is 11.0. The van der Waals surface area contributed by atoms with Gasteiger partial charge in [-0.1, -0.05) is 51.0 Å². The Kier molecular flexibility index (Phi) is 7.58. The van der Waals surface area contributed by atoms with Crippen molar-refractivity contribution in [3.63, 3.8) is 0 Å². The van der Waals surface area contributed by atoms with Crippen molar-refractivity contribution in [1.29, 1.82) is 0 Å². The first-order valence-electron chi connectivity index (χ1n) is 19.4. The quantitative estimate of drug-likeness (QED) is 0.306. The first kappa shape index (κ1) is 31.7. The van der Waals surface area contributed by atoms with Crippen LogP contribution in [0, 0.1) is 69.0 Å². The highest BCUT2D eigenvalue weighted by molar-refractivity contribution is 5.92. The molecule has 2 N–H and O–H groups in total. The summed E-state index contributed by atoms with van der Waals surface area (Å²) >= 11 is 0. The Morgan fingerprint density at radius 2 is 1.02 bits per heavy atom. The summed E-state index contributed by atoms with van der Waals surface area (Å²) < 4.78 is 0. The number of hydrogen-bond acceptors (Lipinski definition) is 4. The average Bonchev–Trinajstić information content (AvgIpc) is 3.50. The van der Waals surface area contributed by atoms with Crippen molar-refractivity contribution < 1.29 is 19.8 Å². The molecule has 0 aromatic carbocycles. The van der Waals surface area contributed by atoms with Crippen LogP contribution in [0.1, 0.15) is 130 Å². The van der Waals surface area contributed by atoms with Crippen molar-refractivity contribution in [2.24, 2.45) is 69.0 Å². The van der Waals surface area contributed by atoms with Gasteiger partial charge in [0.15, 0.2) is 11.6 Å². The van der Waals surface area contributed by atoms with Crippen LogP contribution in [0.3, 0.4) is 0 Å². The minimum atomic E-state index is -0.173. The summed E-state index contributed by atoms with van der Waals surface area (Å²) in [6, 6.07) is 0. The standard InChI is InChI=1S/C42H60O4/c1-39-17-13-29(43)23-27(39)21-25(37-31-9-11-35(45)41(31,3)19-15-33(37)39)7-5-6-8-26-22-28-24-30(44)14-18-40(28,2)34-16-20-42(4)32(38(26)34)10-12-36(42)46/h5-6,23-26,31-38,45-46H,7-22H2,1-4H3/b6-5-/t25-,26-,31-,32-,33-,34-,35-,36-,37-,38-,39-,40-,41-,42-/m0/s1. The lowest BCUT2D eigenvalue weighted by Crippen LogP contribution is -2.54. The Labute approximate surface area is 277 Å². The number of fused-ring (bicyclic) bond motifs is 10. The maximum Gasteiger partial charge on any atom is 0.155 e. The van der Waals surface area contributed by atoms with Gasteiger partial charge in [-0.15, -0.1) is 0 Å². The van der Waals surface area contributed by atoms with E-state index in [0.717, 1.165) is 77.0 Å². The molecule has 8 rings (SSSR count). The molecule has 0 aromatic heterocycles. The Morgan fingerprint density at radius 1 is 0.609 bits per heavy atom. The lowest BCUT2D eigenvalue weighted by atomic mass is 9.44. The van der Waals surface area contributed by atoms with E-state index in [1.54, 1.807) is 0 Å². The molecule has 6 saturated carbocycles. The molecule has 0 unspecified atom stereocenters. The van der Waals surface area contributed by atoms with Gasteiger partial charge < -0.3 is 10.2 Å². The predicted octanol–water partition coefficient (Wildman–Crippen LogP) is 8.56. The fourth-order valence-corrected chi connectivity index (χ4v) is 14.4. The summed E-state index contributed by atoms with van der Waals surface area (Å²) in [5.41, 5.74) is 3.22. The molecule has 0 heterocycles. The van der Waals surface area contributed by atoms with Crippen LogP contribution in [0.15, 0.2) is 35.5 Å². The molecule has 6 fully saturated rings. The molecule has 252 valence electrons. The number of aliphatic hydroxyl groups is 2. The second-order valence-corrected chi connectivity index (χ2v) is 18.8. The van der Waals surface area contributed by atoms with Gasteiger partial charge in [-0.3, -0.25) is 9.59 Å². The minimum absolute atomic E-state index is 0.0413. The Balaban J connectivity index is 1.06. The van der Waals surface area contributed by atoms with Crippen LogP contribution in [0.4, 0.5) is 0 Å². The maximum atomic E-state index is 12.7. The molecule has 8 aliphatic carbocycles. The van der Waals surface area contributed by atoms with E-state index in [2.05, 4.69) is 39.8 Å². The largest absolute Gasteiger partial charge is 0.393 e. The van der Waals surface area contributed by atoms with Crippen LogP contribution < -0.4 is 0 Å². The summed E-state index contributed by atoms with van der Waals surface area (Å²) in [5, 5.41) is 22.3. The summed E-state index contributed by atoms with van der Waals surface area (Å²) in [7, 11) is 0. The SMILES string of the molecule is C[C@]12CC[C@H]3[C@@H]([C@@H](C/C=C\C[C@H]4CC5=CC(=O)CC[C@]5(C)[C@H]5CC[C@]6(C)[C@@H](O)CC[C@H]6[C@H]45)CC4=CC(=O)CC[C@@]43C)[C@@H]1CC[C@@H]2O. The fourth-order valence-electron chi connectivity index (χ4n) is 14.4. The third kappa shape index (κ3) is 4.50. The van der Waals surface area contributed by atoms with Crippen LogP contribution >= 0.6 is 0 Å². The van der Waals surface area contributed by atoms with Crippen LogP contribution in [0.5, 0.6) is 0 Å². The zero-order valence-corrected chi connectivity index (χ0v) is 29.1. The highest BCUT2D eigenvalue weighted by Gasteiger charge is 2.62. The van der Waals surface area contributed by atoms with Crippen LogP contribution in [0.2, 0.25) is 0 Å². The van der Waals surface area contributed by atoms with E-state index in [1.807, 2.05) is 12.2 Å². The van der Waals surface area contributed by atoms with Crippen LogP contribution in [0.25, 0.3) is 0 Å². The molecule has 0 aliphatic heterocycles. The van der Waals surface area contributed by atoms with E-state index in [9.17, 15) is 19.8 Å². The fraction of sp³-hybridized carbons (Fsp3) is 0.810. The lowest BCUT2D eigenvalue weighted by Gasteiger charge is -2.60. The van der Waals surface area contributed by atoms with Gasteiger partial charge in [0.2, 0.25) is 0 Å². The lowest BCUT2D eigenvalue weighted by molar-refractivity contribution is -0.120. The van der Waals surface area contributed by atoms with Crippen molar-refractivity contribution in [2.45, 2.75) is 143 Å². The Morgan fingerprint density at radius 3 is 1.43 bits per heavy atom. The molecule has 0 saturated heterocycles. The molecule has 0 bridgehead atoms. The van der Waals surface area contributed by atoms with Crippen LogP contribution in [-0.2, 0) is 9.59 Å². The third-order valence-corrected chi connectivity index (χ3v) is 17.2. The van der Waals surface area contributed by atoms with E-state index >= 15 is 0 Å². The van der Waals surface area contributed by atoms with Gasteiger partial charge in [0, 0.05) is 12.8 Å². The van der Waals surface area contributed by atoms with Gasteiger partial charge in [-0.05, 0) is 171 Å². The summed E-state index contributed by atoms with van der Waals surface area (Å²) in [4.78, 5) is 25.3. The number of carbonyl (C=O) groups is 2. The minimum Gasteiger partial charge on any atom is -0.393 e. The number of aliphatic hydroxyl groups excluding tert-OH is 2. The van der Waals surface area contributed by atoms with Gasteiger partial charge in [0.25, 0.3) is 0 Å². The summed E-state index contributed by atoms with van der Waals surface area (Å²) in [6.07, 6.45) is 25.1. The number of allylic oxidation sites excluding steroid dienone is 4. The molecular formula is C42H60O4. The zero-order valence-electron chi connectivity index (χ0n) is 29.1. The van der Waals surface area contributed by atoms with Crippen molar-refractivity contribution >= 4 is 11.6 Å². The number of rotatable bonds is 4. The number of hydrogen-bond donors (Lipinski definition) is 2. The van der Waals surface area contributed by atoms with E-state index in [0.29, 0.717) is 71.8 Å². The van der Waals surface area contributed by atoms with Gasteiger partial charge >= 0.3 is 0 Å². The number of ketones is 2. The molecular weight excluding hydrogens is 568 g/mol. The first-order chi connectivity index (χ1) is 21.9. The van der Waals surface area contributed by atoms with E-state index < -0.39 is 0 Å². The molecule has 8 aliphatic rings. The molecule has 0 aromatic rings. The smallest absolute Gasteiger partial charge is 0.155 e. The van der Waals surface area contributed by atoms with E-state index in [1.165, 1.54) is 24.0 Å². The summed E-state index contributed by atoms with van der Waals surface area (Å²) in [5.74, 6) is 5.34. The topological polar surface area (TPSA) is 74.6 Å². The normalized spacial score (nSPS) is 53.0. The van der Waals surface area contributed by atoms with Gasteiger partial charge in [0.05, 0.1) is 12.2 Å². The van der Waals surface area contributed by atoms with Crippen molar-refractivity contribution in [3.8, 4) is 0 Å².